The maximum Gasteiger partial charge on any atom is 0.302 e. The molecule has 0 aliphatic heterocycles. The molecule has 2 aromatic rings. The van der Waals surface area contributed by atoms with E-state index >= 15 is 0 Å². The Hall–Kier alpha value is -2.95. The van der Waals surface area contributed by atoms with Gasteiger partial charge in [-0.1, -0.05) is 18.2 Å². The first-order valence-electron chi connectivity index (χ1n) is 6.60. The van der Waals surface area contributed by atoms with E-state index in [1.54, 1.807) is 42.5 Å². The molecular weight excluding hydrogens is 282 g/mol. The highest BCUT2D eigenvalue weighted by molar-refractivity contribution is 6.68. The summed E-state index contributed by atoms with van der Waals surface area (Å²) >= 11 is 0. The lowest BCUT2D eigenvalue weighted by Crippen LogP contribution is -2.37. The topological polar surface area (TPSA) is 63.7 Å². The molecule has 5 nitrogen and oxygen atoms in total. The second kappa shape index (κ2) is 6.67. The third-order valence-electron chi connectivity index (χ3n) is 3.20. The van der Waals surface area contributed by atoms with Gasteiger partial charge < -0.3 is 9.64 Å². The van der Waals surface area contributed by atoms with Gasteiger partial charge in [0.05, 0.1) is 7.11 Å². The molecule has 112 valence electrons. The molecule has 0 heterocycles. The van der Waals surface area contributed by atoms with Gasteiger partial charge >= 0.3 is 5.91 Å². The van der Waals surface area contributed by atoms with Gasteiger partial charge in [-0.3, -0.25) is 14.4 Å². The Morgan fingerprint density at radius 2 is 1.50 bits per heavy atom. The number of benzene rings is 2. The van der Waals surface area contributed by atoms with Gasteiger partial charge in [-0.15, -0.1) is 0 Å². The highest BCUT2D eigenvalue weighted by Gasteiger charge is 2.27. The van der Waals surface area contributed by atoms with Crippen LogP contribution in [-0.2, 0) is 9.59 Å². The Balaban J connectivity index is 2.15. The summed E-state index contributed by atoms with van der Waals surface area (Å²) in [4.78, 5) is 37.4. The number of rotatable bonds is 5. The van der Waals surface area contributed by atoms with Crippen molar-refractivity contribution in [1.82, 2.24) is 0 Å². The van der Waals surface area contributed by atoms with Crippen LogP contribution in [0.5, 0.6) is 5.75 Å². The first-order chi connectivity index (χ1) is 10.5. The summed E-state index contributed by atoms with van der Waals surface area (Å²) in [7, 11) is 2.96. The number of amides is 1. The zero-order chi connectivity index (χ0) is 16.1. The molecule has 0 aliphatic rings. The summed E-state index contributed by atoms with van der Waals surface area (Å²) in [5.41, 5.74) is 0.698. The SMILES string of the molecule is COc1ccc(C(=O)C(=O)C(=O)N(C)c2ccccc2)cc1. The van der Waals surface area contributed by atoms with E-state index < -0.39 is 17.5 Å². The van der Waals surface area contributed by atoms with Gasteiger partial charge in [0.15, 0.2) is 0 Å². The van der Waals surface area contributed by atoms with Crippen LogP contribution in [0.1, 0.15) is 10.4 Å². The van der Waals surface area contributed by atoms with Crippen molar-refractivity contribution >= 4 is 23.2 Å². The van der Waals surface area contributed by atoms with Crippen LogP contribution < -0.4 is 9.64 Å². The number of ether oxygens (including phenoxy) is 1. The van der Waals surface area contributed by atoms with Crippen molar-refractivity contribution in [2.45, 2.75) is 0 Å². The number of ketones is 2. The summed E-state index contributed by atoms with van der Waals surface area (Å²) in [6, 6.07) is 14.7. The van der Waals surface area contributed by atoms with Gasteiger partial charge in [-0.25, -0.2) is 0 Å². The van der Waals surface area contributed by atoms with E-state index in [-0.39, 0.29) is 5.56 Å². The van der Waals surface area contributed by atoms with E-state index in [1.807, 2.05) is 0 Å². The van der Waals surface area contributed by atoms with Crippen LogP contribution in [0, 0.1) is 0 Å². The normalized spacial score (nSPS) is 9.91. The minimum atomic E-state index is -1.07. The van der Waals surface area contributed by atoms with Crippen LogP contribution in [0.25, 0.3) is 0 Å². The quantitative estimate of drug-likeness (QED) is 0.482. The molecule has 5 heteroatoms. The van der Waals surface area contributed by atoms with Gasteiger partial charge in [0.2, 0.25) is 5.78 Å². The van der Waals surface area contributed by atoms with Gasteiger partial charge in [0.25, 0.3) is 5.78 Å². The molecule has 0 unspecified atom stereocenters. The van der Waals surface area contributed by atoms with E-state index in [2.05, 4.69) is 0 Å². The zero-order valence-corrected chi connectivity index (χ0v) is 12.3. The number of methoxy groups -OCH3 is 1. The maximum absolute atomic E-state index is 12.1. The lowest BCUT2D eigenvalue weighted by molar-refractivity contribution is -0.133. The predicted octanol–water partition coefficient (Wildman–Crippen LogP) is 2.11. The zero-order valence-electron chi connectivity index (χ0n) is 12.3. The molecule has 0 radical (unpaired) electrons. The fraction of sp³-hybridized carbons (Fsp3) is 0.118. The van der Waals surface area contributed by atoms with Crippen LogP contribution in [0.15, 0.2) is 54.6 Å². The smallest absolute Gasteiger partial charge is 0.302 e. The lowest BCUT2D eigenvalue weighted by Gasteiger charge is -2.15. The fourth-order valence-corrected chi connectivity index (χ4v) is 1.89. The highest BCUT2D eigenvalue weighted by Crippen LogP contribution is 2.14. The second-order valence-corrected chi connectivity index (χ2v) is 4.59. The molecule has 0 fully saturated rings. The number of carbonyl (C=O) groups is 3. The molecule has 22 heavy (non-hydrogen) atoms. The summed E-state index contributed by atoms with van der Waals surface area (Å²) < 4.78 is 4.98. The Kier molecular flexibility index (Phi) is 4.68. The number of hydrogen-bond acceptors (Lipinski definition) is 4. The minimum Gasteiger partial charge on any atom is -0.497 e. The third-order valence-corrected chi connectivity index (χ3v) is 3.20. The molecule has 1 amide bonds. The fourth-order valence-electron chi connectivity index (χ4n) is 1.89. The molecule has 0 atom stereocenters. The molecule has 0 aromatic heterocycles. The maximum atomic E-state index is 12.1. The number of nitrogens with zero attached hydrogens (tertiary/aromatic N) is 1. The first kappa shape index (κ1) is 15.4. The average Bonchev–Trinajstić information content (AvgIpc) is 2.60. The van der Waals surface area contributed by atoms with Crippen LogP contribution in [0.2, 0.25) is 0 Å². The van der Waals surface area contributed by atoms with Crippen molar-refractivity contribution < 1.29 is 19.1 Å². The van der Waals surface area contributed by atoms with Crippen molar-refractivity contribution in [1.29, 1.82) is 0 Å². The van der Waals surface area contributed by atoms with Gasteiger partial charge in [0, 0.05) is 18.3 Å². The van der Waals surface area contributed by atoms with Crippen LogP contribution in [0.4, 0.5) is 5.69 Å². The molecule has 0 aliphatic carbocycles. The molecule has 0 bridgehead atoms. The monoisotopic (exact) mass is 297 g/mol. The second-order valence-electron chi connectivity index (χ2n) is 4.59. The lowest BCUT2D eigenvalue weighted by atomic mass is 10.1. The highest BCUT2D eigenvalue weighted by atomic mass is 16.5. The van der Waals surface area contributed by atoms with Crippen molar-refractivity contribution in [3.05, 3.63) is 60.2 Å². The van der Waals surface area contributed by atoms with E-state index in [1.165, 1.54) is 26.3 Å². The van der Waals surface area contributed by atoms with Crippen LogP contribution >= 0.6 is 0 Å². The van der Waals surface area contributed by atoms with Gasteiger partial charge in [-0.2, -0.15) is 0 Å². The summed E-state index contributed by atoms with van der Waals surface area (Å²) in [5.74, 6) is -2.21. The molecule has 2 rings (SSSR count). The molecule has 0 saturated heterocycles. The first-order valence-corrected chi connectivity index (χ1v) is 6.60. The van der Waals surface area contributed by atoms with E-state index in [4.69, 9.17) is 4.74 Å². The standard InChI is InChI=1S/C17H15NO4/c1-18(13-6-4-3-5-7-13)17(21)16(20)15(19)12-8-10-14(22-2)11-9-12/h3-11H,1-2H3. The Labute approximate surface area is 128 Å². The average molecular weight is 297 g/mol. The predicted molar refractivity (Wildman–Crippen MR) is 82.2 cm³/mol. The van der Waals surface area contributed by atoms with E-state index in [0.29, 0.717) is 11.4 Å². The summed E-state index contributed by atoms with van der Waals surface area (Å²) in [5, 5.41) is 0. The van der Waals surface area contributed by atoms with Crippen LogP contribution in [-0.4, -0.2) is 31.6 Å². The summed E-state index contributed by atoms with van der Waals surface area (Å²) in [6.45, 7) is 0. The van der Waals surface area contributed by atoms with E-state index in [0.717, 1.165) is 4.90 Å². The van der Waals surface area contributed by atoms with Gasteiger partial charge in [0.1, 0.15) is 5.75 Å². The number of carbonyl (C=O) groups excluding carboxylic acids is 3. The van der Waals surface area contributed by atoms with Crippen molar-refractivity contribution in [2.75, 3.05) is 19.1 Å². The minimum absolute atomic E-state index is 0.153. The molecule has 0 saturated carbocycles. The Bertz CT molecular complexity index is 692. The number of para-hydroxylation sites is 1. The van der Waals surface area contributed by atoms with Crippen molar-refractivity contribution in [2.24, 2.45) is 0 Å². The number of Topliss-reactive ketones (excluding diaryl/α,β-unsaturated/α-hetero) is 2. The van der Waals surface area contributed by atoms with Crippen molar-refractivity contribution in [3.8, 4) is 5.75 Å². The third kappa shape index (κ3) is 3.20. The number of likely N-dealkylation sites (N-methyl/N-ethyl adjacent to an activating group) is 1. The summed E-state index contributed by atoms with van der Waals surface area (Å²) in [6.07, 6.45) is 0. The molecule has 0 spiro atoms. The molecule has 0 N–H and O–H groups in total. The van der Waals surface area contributed by atoms with Gasteiger partial charge in [-0.05, 0) is 36.4 Å². The molecular formula is C17H15NO4. The molecule has 2 aromatic carbocycles. The van der Waals surface area contributed by atoms with Crippen LogP contribution in [0.3, 0.4) is 0 Å². The van der Waals surface area contributed by atoms with Crippen molar-refractivity contribution in [3.63, 3.8) is 0 Å². The Morgan fingerprint density at radius 1 is 0.909 bits per heavy atom. The number of hydrogen-bond donors (Lipinski definition) is 0. The largest absolute Gasteiger partial charge is 0.497 e. The Morgan fingerprint density at radius 3 is 2.05 bits per heavy atom. The number of anilines is 1. The van der Waals surface area contributed by atoms with E-state index in [9.17, 15) is 14.4 Å².